The molecule has 2 aromatic heterocycles. The van der Waals surface area contributed by atoms with Crippen molar-refractivity contribution in [2.24, 2.45) is 0 Å². The van der Waals surface area contributed by atoms with Crippen LogP contribution in [0.25, 0.3) is 6.08 Å². The summed E-state index contributed by atoms with van der Waals surface area (Å²) >= 11 is 1.14. The first kappa shape index (κ1) is 18.2. The van der Waals surface area contributed by atoms with E-state index in [9.17, 15) is 14.9 Å². The number of nitrogens with one attached hydrogen (secondary N) is 2. The summed E-state index contributed by atoms with van der Waals surface area (Å²) in [5.41, 5.74) is 0.846. The van der Waals surface area contributed by atoms with Crippen molar-refractivity contribution in [1.82, 2.24) is 9.97 Å². The van der Waals surface area contributed by atoms with Crippen LogP contribution in [0.5, 0.6) is 0 Å². The minimum atomic E-state index is -0.529. The van der Waals surface area contributed by atoms with Gasteiger partial charge in [-0.1, -0.05) is 18.2 Å². The van der Waals surface area contributed by atoms with E-state index >= 15 is 0 Å². The molecule has 0 fully saturated rings. The number of amides is 1. The molecule has 1 aromatic carbocycles. The summed E-state index contributed by atoms with van der Waals surface area (Å²) in [4.78, 5) is 30.5. The van der Waals surface area contributed by atoms with Gasteiger partial charge in [0.25, 0.3) is 11.5 Å². The molecule has 0 saturated carbocycles. The average Bonchev–Trinajstić information content (AvgIpc) is 3.06. The largest absolute Gasteiger partial charge is 0.450 e. The Morgan fingerprint density at radius 2 is 2.07 bits per heavy atom. The maximum Gasteiger partial charge on any atom is 0.266 e. The molecular weight excluding hydrogens is 364 g/mol. The Labute approximate surface area is 158 Å². The number of hydrogen-bond donors (Lipinski definition) is 2. The molecule has 27 heavy (non-hydrogen) atoms. The number of nitrogens with zero attached hydrogens (tertiary/aromatic N) is 2. The van der Waals surface area contributed by atoms with E-state index in [-0.39, 0.29) is 11.1 Å². The molecule has 3 aromatic rings. The lowest BCUT2D eigenvalue weighted by molar-refractivity contribution is -0.112. The monoisotopic (exact) mass is 378 g/mol. The molecule has 1 amide bonds. The Kier molecular flexibility index (Phi) is 5.54. The number of aromatic amines is 1. The Balaban J connectivity index is 1.75. The zero-order chi connectivity index (χ0) is 19.2. The van der Waals surface area contributed by atoms with Crippen LogP contribution in [-0.4, -0.2) is 15.9 Å². The van der Waals surface area contributed by atoms with E-state index in [1.807, 2.05) is 12.1 Å². The first-order valence-corrected chi connectivity index (χ1v) is 8.69. The number of anilines is 1. The van der Waals surface area contributed by atoms with Gasteiger partial charge in [0.05, 0.1) is 0 Å². The Hall–Kier alpha value is -3.57. The summed E-state index contributed by atoms with van der Waals surface area (Å²) in [6.07, 6.45) is 1.36. The highest BCUT2D eigenvalue weighted by Crippen LogP contribution is 2.27. The van der Waals surface area contributed by atoms with Crippen LogP contribution < -0.4 is 10.9 Å². The highest BCUT2D eigenvalue weighted by Gasteiger charge is 2.12. The molecule has 8 heteroatoms. The van der Waals surface area contributed by atoms with Crippen molar-refractivity contribution in [3.63, 3.8) is 0 Å². The van der Waals surface area contributed by atoms with E-state index in [1.54, 1.807) is 43.3 Å². The molecule has 0 bridgehead atoms. The van der Waals surface area contributed by atoms with Gasteiger partial charge in [0.2, 0.25) is 0 Å². The topological polar surface area (TPSA) is 112 Å². The minimum Gasteiger partial charge on any atom is -0.450 e. The first-order valence-electron chi connectivity index (χ1n) is 7.87. The zero-order valence-electron chi connectivity index (χ0n) is 14.2. The lowest BCUT2D eigenvalue weighted by Gasteiger charge is -2.03. The van der Waals surface area contributed by atoms with Gasteiger partial charge in [-0.3, -0.25) is 9.59 Å². The number of nitriles is 1. The summed E-state index contributed by atoms with van der Waals surface area (Å²) in [7, 11) is 0. The maximum absolute atomic E-state index is 12.2. The molecule has 0 radical (unpaired) electrons. The molecule has 0 aliphatic rings. The SMILES string of the molecule is Cc1cc(=O)[nH]c(Sc2ccc(/C=C(\C#N)C(=O)Nc3ccccc3)o2)n1. The van der Waals surface area contributed by atoms with Crippen molar-refractivity contribution in [3.8, 4) is 6.07 Å². The van der Waals surface area contributed by atoms with Gasteiger partial charge in [-0.2, -0.15) is 5.26 Å². The summed E-state index contributed by atoms with van der Waals surface area (Å²) < 4.78 is 5.59. The van der Waals surface area contributed by atoms with Gasteiger partial charge in [-0.25, -0.2) is 4.98 Å². The molecule has 0 saturated heterocycles. The van der Waals surface area contributed by atoms with E-state index in [1.165, 1.54) is 12.1 Å². The molecule has 3 rings (SSSR count). The van der Waals surface area contributed by atoms with E-state index < -0.39 is 5.91 Å². The van der Waals surface area contributed by atoms with E-state index in [0.717, 1.165) is 11.8 Å². The number of aromatic nitrogens is 2. The van der Waals surface area contributed by atoms with Crippen molar-refractivity contribution < 1.29 is 9.21 Å². The number of H-pyrrole nitrogens is 1. The highest BCUT2D eigenvalue weighted by molar-refractivity contribution is 7.99. The van der Waals surface area contributed by atoms with Crippen molar-refractivity contribution >= 4 is 29.4 Å². The fourth-order valence-electron chi connectivity index (χ4n) is 2.17. The van der Waals surface area contributed by atoms with Crippen LogP contribution in [-0.2, 0) is 4.79 Å². The van der Waals surface area contributed by atoms with Gasteiger partial charge in [-0.05, 0) is 43.0 Å². The first-order chi connectivity index (χ1) is 13.0. The molecule has 0 aliphatic heterocycles. The molecule has 0 unspecified atom stereocenters. The van der Waals surface area contributed by atoms with Crippen LogP contribution in [0.4, 0.5) is 5.69 Å². The molecule has 2 heterocycles. The quantitative estimate of drug-likeness (QED) is 0.400. The van der Waals surface area contributed by atoms with E-state index in [2.05, 4.69) is 15.3 Å². The molecule has 0 aliphatic carbocycles. The van der Waals surface area contributed by atoms with Crippen molar-refractivity contribution in [1.29, 1.82) is 5.26 Å². The Morgan fingerprint density at radius 3 is 2.78 bits per heavy atom. The molecule has 0 atom stereocenters. The number of hydrogen-bond acceptors (Lipinski definition) is 6. The normalized spacial score (nSPS) is 11.0. The van der Waals surface area contributed by atoms with Crippen LogP contribution in [0, 0.1) is 18.3 Å². The third kappa shape index (κ3) is 4.96. The number of carbonyl (C=O) groups excluding carboxylic acids is 1. The second-order valence-electron chi connectivity index (χ2n) is 5.44. The highest BCUT2D eigenvalue weighted by atomic mass is 32.2. The number of para-hydroxylation sites is 1. The predicted molar refractivity (Wildman–Crippen MR) is 101 cm³/mol. The van der Waals surface area contributed by atoms with Crippen molar-refractivity contribution in [2.75, 3.05) is 5.32 Å². The van der Waals surface area contributed by atoms with Crippen LogP contribution in [0.1, 0.15) is 11.5 Å². The van der Waals surface area contributed by atoms with Gasteiger partial charge >= 0.3 is 0 Å². The van der Waals surface area contributed by atoms with Gasteiger partial charge in [-0.15, -0.1) is 0 Å². The van der Waals surface area contributed by atoms with Gasteiger partial charge in [0.15, 0.2) is 10.2 Å². The summed E-state index contributed by atoms with van der Waals surface area (Å²) in [6, 6.07) is 15.4. The van der Waals surface area contributed by atoms with Gasteiger partial charge in [0.1, 0.15) is 17.4 Å². The van der Waals surface area contributed by atoms with Crippen LogP contribution in [0.2, 0.25) is 0 Å². The molecule has 134 valence electrons. The lowest BCUT2D eigenvalue weighted by atomic mass is 10.2. The van der Waals surface area contributed by atoms with Crippen molar-refractivity contribution in [2.45, 2.75) is 17.2 Å². The molecular formula is C19H14N4O3S. The van der Waals surface area contributed by atoms with E-state index in [0.29, 0.717) is 27.4 Å². The number of rotatable bonds is 5. The minimum absolute atomic E-state index is 0.0909. The molecule has 2 N–H and O–H groups in total. The predicted octanol–water partition coefficient (Wildman–Crippen LogP) is 3.37. The van der Waals surface area contributed by atoms with Crippen LogP contribution in [0.3, 0.4) is 0 Å². The number of benzene rings is 1. The maximum atomic E-state index is 12.2. The summed E-state index contributed by atoms with van der Waals surface area (Å²) in [5.74, 6) is -0.189. The smallest absolute Gasteiger partial charge is 0.266 e. The fraction of sp³-hybridized carbons (Fsp3) is 0.0526. The third-order valence-electron chi connectivity index (χ3n) is 3.33. The second-order valence-corrected chi connectivity index (χ2v) is 6.43. The Morgan fingerprint density at radius 1 is 1.30 bits per heavy atom. The summed E-state index contributed by atoms with van der Waals surface area (Å²) in [6.45, 7) is 1.72. The lowest BCUT2D eigenvalue weighted by Crippen LogP contribution is -2.13. The van der Waals surface area contributed by atoms with Crippen LogP contribution in [0.15, 0.2) is 73.6 Å². The number of aryl methyl sites for hydroxylation is 1. The van der Waals surface area contributed by atoms with Crippen molar-refractivity contribution in [3.05, 3.63) is 75.9 Å². The fourth-order valence-corrected chi connectivity index (χ4v) is 2.98. The standard InChI is InChI=1S/C19H14N4O3S/c1-12-9-16(24)23-19(21-12)27-17-8-7-15(26-17)10-13(11-20)18(25)22-14-5-3-2-4-6-14/h2-10H,1H3,(H,22,25)(H,21,23,24)/b13-10+. The van der Waals surface area contributed by atoms with Crippen LogP contribution >= 0.6 is 11.8 Å². The number of furan rings is 1. The summed E-state index contributed by atoms with van der Waals surface area (Å²) in [5, 5.41) is 12.8. The second kappa shape index (κ2) is 8.21. The van der Waals surface area contributed by atoms with Gasteiger partial charge in [0, 0.05) is 23.5 Å². The average molecular weight is 378 g/mol. The van der Waals surface area contributed by atoms with E-state index in [4.69, 9.17) is 4.42 Å². The van der Waals surface area contributed by atoms with Gasteiger partial charge < -0.3 is 14.7 Å². The third-order valence-corrected chi connectivity index (χ3v) is 4.14. The molecule has 0 spiro atoms. The Bertz CT molecular complexity index is 1090. The zero-order valence-corrected chi connectivity index (χ0v) is 15.0. The number of carbonyl (C=O) groups is 1. The molecule has 7 nitrogen and oxygen atoms in total.